The maximum Gasteiger partial charge on any atom is 0.256 e. The number of nitrogens with zero attached hydrogens (tertiary/aromatic N) is 6. The largest absolute Gasteiger partial charge is 0.458 e. The van der Waals surface area contributed by atoms with Gasteiger partial charge in [0, 0.05) is 104 Å². The summed E-state index contributed by atoms with van der Waals surface area (Å²) in [5.41, 5.74) is 28.7. The Morgan fingerprint density at radius 3 is 0.617 bits per heavy atom. The highest BCUT2D eigenvalue weighted by Crippen LogP contribution is 2.54. The monoisotopic (exact) mass is 1530 g/mol. The molecule has 0 atom stereocenters. The van der Waals surface area contributed by atoms with Gasteiger partial charge in [-0.3, -0.25) is 0 Å². The van der Waals surface area contributed by atoms with Gasteiger partial charge < -0.3 is 43.6 Å². The lowest BCUT2D eigenvalue weighted by Gasteiger charge is -2.42. The first-order valence-electron chi connectivity index (χ1n) is 41.2. The van der Waals surface area contributed by atoms with Crippen molar-refractivity contribution in [3.63, 3.8) is 0 Å². The molecular formula is C108H69B3N6O3. The summed E-state index contributed by atoms with van der Waals surface area (Å²) in [6.07, 6.45) is 0. The lowest BCUT2D eigenvalue weighted by molar-refractivity contribution is 0.487. The maximum absolute atomic E-state index is 7.43. The molecule has 0 amide bonds. The van der Waals surface area contributed by atoms with Gasteiger partial charge in [0.15, 0.2) is 0 Å². The zero-order chi connectivity index (χ0) is 78.6. The standard InChI is InChI=1S/C108H69B3N6O3/c1-10-34-70(35-11-1)112(71-36-12-2-13-37-71)79-58-97-106-103(61-79)118-100-55-31-28-52-88(100)109(106)91-64-82-85(67-94(91)115(97)76-46-22-7-23-47-76)83-65-92-96(117(78-50-26-9-27-51-78)98-59-80(62-104-107(98)110(92)89-53-29-32-56-101(89)119-104)113(72-38-14-3-15-39-72)73-40-16-4-17-41-73)69-87(83)84-66-93-95(68-86(82)84)116(77-48-24-8-25-49-77)99-60-81(63-105-108(99)111(93)90-54-30-33-57-102(90)120-105)114(74-42-18-5-19-43-74)75-44-20-6-21-45-75/h1-69H. The van der Waals surface area contributed by atoms with Gasteiger partial charge in [-0.25, -0.2) is 0 Å². The number of hydrogen-bond acceptors (Lipinski definition) is 9. The number of rotatable bonds is 12. The van der Waals surface area contributed by atoms with Gasteiger partial charge in [-0.2, -0.15) is 0 Å². The number of anilines is 18. The lowest BCUT2D eigenvalue weighted by atomic mass is 9.33. The van der Waals surface area contributed by atoms with E-state index in [-0.39, 0.29) is 20.1 Å². The van der Waals surface area contributed by atoms with Gasteiger partial charge in [0.05, 0.1) is 17.1 Å². The molecule has 0 unspecified atom stereocenters. The fourth-order valence-corrected chi connectivity index (χ4v) is 20.3. The summed E-state index contributed by atoms with van der Waals surface area (Å²) < 4.78 is 22.3. The molecular weight excluding hydrogens is 1460 g/mol. The van der Waals surface area contributed by atoms with Crippen LogP contribution in [-0.2, 0) is 0 Å². The van der Waals surface area contributed by atoms with E-state index in [1.54, 1.807) is 0 Å². The number of benzene rings is 19. The molecule has 6 aliphatic heterocycles. The van der Waals surface area contributed by atoms with Gasteiger partial charge in [0.1, 0.15) is 34.5 Å². The van der Waals surface area contributed by atoms with Crippen LogP contribution in [0.25, 0.3) is 32.3 Å². The van der Waals surface area contributed by atoms with Crippen LogP contribution in [0.1, 0.15) is 0 Å². The average molecular weight is 1530 g/mol. The summed E-state index contributed by atoms with van der Waals surface area (Å²) in [7, 11) is 0. The van der Waals surface area contributed by atoms with Gasteiger partial charge in [-0.05, 0) is 245 Å². The fourth-order valence-electron chi connectivity index (χ4n) is 20.3. The van der Waals surface area contributed by atoms with Crippen LogP contribution in [0, 0.1) is 0 Å². The van der Waals surface area contributed by atoms with Crippen molar-refractivity contribution in [2.75, 3.05) is 29.4 Å². The van der Waals surface area contributed by atoms with Crippen molar-refractivity contribution in [2.24, 2.45) is 0 Å². The third-order valence-corrected chi connectivity index (χ3v) is 25.2. The predicted molar refractivity (Wildman–Crippen MR) is 501 cm³/mol. The zero-order valence-electron chi connectivity index (χ0n) is 65.0. The third kappa shape index (κ3) is 10.4. The van der Waals surface area contributed by atoms with E-state index in [9.17, 15) is 0 Å². The van der Waals surface area contributed by atoms with Crippen LogP contribution in [-0.4, -0.2) is 20.1 Å². The summed E-state index contributed by atoms with van der Waals surface area (Å²) in [6.45, 7) is -0.791. The molecule has 0 saturated heterocycles. The van der Waals surface area contributed by atoms with Gasteiger partial charge >= 0.3 is 0 Å². The smallest absolute Gasteiger partial charge is 0.256 e. The molecule has 19 aromatic carbocycles. The van der Waals surface area contributed by atoms with Crippen LogP contribution in [0.15, 0.2) is 419 Å². The summed E-state index contributed by atoms with van der Waals surface area (Å²) >= 11 is 0. The van der Waals surface area contributed by atoms with Gasteiger partial charge in [-0.15, -0.1) is 0 Å². The van der Waals surface area contributed by atoms with E-state index in [1.807, 2.05) is 0 Å². The Kier molecular flexibility index (Phi) is 15.2. The molecule has 12 heteroatoms. The van der Waals surface area contributed by atoms with E-state index in [0.717, 1.165) is 202 Å². The second-order valence-electron chi connectivity index (χ2n) is 31.8. The highest BCUT2D eigenvalue weighted by atomic mass is 16.5. The molecule has 6 aliphatic rings. The Bertz CT molecular complexity index is 6530. The molecule has 9 nitrogen and oxygen atoms in total. The molecule has 0 N–H and O–H groups in total. The molecule has 0 radical (unpaired) electrons. The quantitative estimate of drug-likeness (QED) is 0.0879. The second-order valence-corrected chi connectivity index (χ2v) is 31.8. The van der Waals surface area contributed by atoms with E-state index < -0.39 is 0 Å². The minimum Gasteiger partial charge on any atom is -0.458 e. The van der Waals surface area contributed by atoms with Crippen molar-refractivity contribution in [3.8, 4) is 34.5 Å². The normalized spacial score (nSPS) is 13.1. The molecule has 0 bridgehead atoms. The first-order chi connectivity index (χ1) is 59.5. The van der Waals surface area contributed by atoms with E-state index in [2.05, 4.69) is 448 Å². The minimum atomic E-state index is -0.264. The third-order valence-electron chi connectivity index (χ3n) is 25.2. The van der Waals surface area contributed by atoms with Crippen molar-refractivity contribution in [3.05, 3.63) is 419 Å². The van der Waals surface area contributed by atoms with Crippen molar-refractivity contribution in [1.82, 2.24) is 0 Å². The average Bonchev–Trinajstić information content (AvgIpc) is 0.674. The summed E-state index contributed by atoms with van der Waals surface area (Å²) in [5.74, 6) is 4.92. The zero-order valence-corrected chi connectivity index (χ0v) is 65.0. The Labute approximate surface area is 696 Å². The highest BCUT2D eigenvalue weighted by molar-refractivity contribution is 7.01. The Morgan fingerprint density at radius 2 is 0.375 bits per heavy atom. The van der Waals surface area contributed by atoms with E-state index in [1.165, 1.54) is 16.4 Å². The van der Waals surface area contributed by atoms with E-state index >= 15 is 0 Å². The molecule has 25 rings (SSSR count). The van der Waals surface area contributed by atoms with Crippen molar-refractivity contribution < 1.29 is 14.2 Å². The number of ether oxygens (including phenoxy) is 3. The predicted octanol–water partition coefficient (Wildman–Crippen LogP) is 22.8. The Hall–Kier alpha value is -15.6. The van der Waals surface area contributed by atoms with Crippen LogP contribution in [0.5, 0.6) is 34.5 Å². The van der Waals surface area contributed by atoms with E-state index in [4.69, 9.17) is 14.2 Å². The van der Waals surface area contributed by atoms with Crippen LogP contribution in [0.2, 0.25) is 0 Å². The number of fused-ring (bicyclic) bond motifs is 18. The van der Waals surface area contributed by atoms with Gasteiger partial charge in [-0.1, -0.05) is 237 Å². The molecule has 0 fully saturated rings. The SMILES string of the molecule is c1ccc(N(c2ccccc2)c2cc3c4c(c2)N(c2ccccc2)c2cc5c(cc2B4c2ccccc2O3)c2cc3c(cc2c2cc4c(cc52)B2c5ccccc5Oc5cc(N(c6ccccc6)c6ccccc6)cc(c52)N4c2ccccc2)B2c4ccccc4Oc4cc(N(c5ccccc5)c5ccccc5)cc(c42)N3c2ccccc2)cc1. The number of hydrogen-bond donors (Lipinski definition) is 0. The van der Waals surface area contributed by atoms with Gasteiger partial charge in [0.25, 0.3) is 20.1 Å². The molecule has 0 saturated carbocycles. The number of para-hydroxylation sites is 12. The first kappa shape index (κ1) is 67.7. The van der Waals surface area contributed by atoms with Gasteiger partial charge in [0.2, 0.25) is 0 Å². The molecule has 6 heterocycles. The lowest BCUT2D eigenvalue weighted by Crippen LogP contribution is -2.59. The van der Waals surface area contributed by atoms with Crippen LogP contribution >= 0.6 is 0 Å². The van der Waals surface area contributed by atoms with Crippen molar-refractivity contribution >= 4 is 204 Å². The second kappa shape index (κ2) is 27.0. The summed E-state index contributed by atoms with van der Waals surface area (Å²) in [6, 6.07) is 153. The van der Waals surface area contributed by atoms with Crippen molar-refractivity contribution in [2.45, 2.75) is 0 Å². The maximum atomic E-state index is 7.43. The molecule has 19 aromatic rings. The first-order valence-corrected chi connectivity index (χ1v) is 41.2. The fraction of sp³-hybridized carbons (Fsp3) is 0. The van der Waals surface area contributed by atoms with Crippen LogP contribution in [0.3, 0.4) is 0 Å². The van der Waals surface area contributed by atoms with Crippen molar-refractivity contribution in [1.29, 1.82) is 0 Å². The molecule has 120 heavy (non-hydrogen) atoms. The Balaban J connectivity index is 0.821. The summed E-state index contributed by atoms with van der Waals surface area (Å²) in [4.78, 5) is 14.7. The van der Waals surface area contributed by atoms with Crippen LogP contribution < -0.4 is 92.8 Å². The minimum absolute atomic E-state index is 0.264. The Morgan fingerprint density at radius 1 is 0.167 bits per heavy atom. The summed E-state index contributed by atoms with van der Waals surface area (Å²) in [5, 5.41) is 6.76. The molecule has 0 spiro atoms. The van der Waals surface area contributed by atoms with E-state index in [0.29, 0.717) is 0 Å². The molecule has 0 aromatic heterocycles. The molecule has 558 valence electrons. The highest BCUT2D eigenvalue weighted by Gasteiger charge is 2.48. The topological polar surface area (TPSA) is 47.1 Å². The molecule has 0 aliphatic carbocycles. The van der Waals surface area contributed by atoms with Crippen LogP contribution in [0.4, 0.5) is 102 Å².